The first-order valence-corrected chi connectivity index (χ1v) is 11.6. The number of rotatable bonds is 5. The Hall–Kier alpha value is -3.55. The minimum absolute atomic E-state index is 0.233. The van der Waals surface area contributed by atoms with Gasteiger partial charge in [0.1, 0.15) is 17.7 Å². The average molecular weight is 461 g/mol. The molecule has 0 aliphatic heterocycles. The van der Waals surface area contributed by atoms with Gasteiger partial charge in [-0.2, -0.15) is 5.10 Å². The summed E-state index contributed by atoms with van der Waals surface area (Å²) >= 11 is 0. The number of fused-ring (bicyclic) bond motifs is 1. The van der Waals surface area contributed by atoms with Gasteiger partial charge in [0.2, 0.25) is 0 Å². The van der Waals surface area contributed by atoms with E-state index in [4.69, 9.17) is 10.1 Å². The van der Waals surface area contributed by atoms with E-state index in [2.05, 4.69) is 31.1 Å². The van der Waals surface area contributed by atoms with Crippen molar-refractivity contribution in [2.24, 2.45) is 7.05 Å². The minimum atomic E-state index is -0.543. The van der Waals surface area contributed by atoms with E-state index in [0.717, 1.165) is 40.8 Å². The van der Waals surface area contributed by atoms with Gasteiger partial charge in [-0.25, -0.2) is 19.0 Å². The van der Waals surface area contributed by atoms with Gasteiger partial charge in [-0.3, -0.25) is 4.79 Å². The molecule has 1 amide bonds. The number of carbonyl (C=O) groups is 1. The zero-order valence-corrected chi connectivity index (χ0v) is 20.1. The van der Waals surface area contributed by atoms with Gasteiger partial charge in [-0.1, -0.05) is 12.1 Å². The molecule has 34 heavy (non-hydrogen) atoms. The number of halogens is 1. The second-order valence-electron chi connectivity index (χ2n) is 10.1. The molecule has 1 atom stereocenters. The number of hydrogen-bond donors (Lipinski definition) is 1. The highest BCUT2D eigenvalue weighted by Crippen LogP contribution is 2.41. The van der Waals surface area contributed by atoms with Gasteiger partial charge in [0, 0.05) is 31.1 Å². The third-order valence-electron chi connectivity index (χ3n) is 6.30. The van der Waals surface area contributed by atoms with Crippen molar-refractivity contribution >= 4 is 16.9 Å². The summed E-state index contributed by atoms with van der Waals surface area (Å²) in [6, 6.07) is 7.51. The molecular formula is C26H29FN6O. The van der Waals surface area contributed by atoms with E-state index in [-0.39, 0.29) is 17.3 Å². The first kappa shape index (κ1) is 22.3. The van der Waals surface area contributed by atoms with E-state index in [0.29, 0.717) is 17.3 Å². The van der Waals surface area contributed by atoms with Crippen LogP contribution in [0.1, 0.15) is 78.7 Å². The Balaban J connectivity index is 1.62. The fraction of sp³-hybridized carbons (Fsp3) is 0.385. The van der Waals surface area contributed by atoms with Crippen LogP contribution in [0.4, 0.5) is 4.39 Å². The lowest BCUT2D eigenvalue weighted by Gasteiger charge is -2.21. The summed E-state index contributed by atoms with van der Waals surface area (Å²) in [7, 11) is 1.87. The fourth-order valence-corrected chi connectivity index (χ4v) is 4.36. The lowest BCUT2D eigenvalue weighted by molar-refractivity contribution is 0.0942. The Morgan fingerprint density at radius 3 is 2.50 bits per heavy atom. The number of imidazole rings is 1. The molecule has 4 aromatic rings. The first-order chi connectivity index (χ1) is 16.1. The summed E-state index contributed by atoms with van der Waals surface area (Å²) in [4.78, 5) is 23.2. The molecule has 1 aliphatic rings. The van der Waals surface area contributed by atoms with Crippen LogP contribution in [0.3, 0.4) is 0 Å². The van der Waals surface area contributed by atoms with Crippen molar-refractivity contribution in [2.75, 3.05) is 0 Å². The average Bonchev–Trinajstić information content (AvgIpc) is 3.47. The largest absolute Gasteiger partial charge is 0.338 e. The number of amides is 1. The van der Waals surface area contributed by atoms with E-state index in [9.17, 15) is 9.18 Å². The summed E-state index contributed by atoms with van der Waals surface area (Å²) < 4.78 is 17.4. The summed E-state index contributed by atoms with van der Waals surface area (Å²) in [6.45, 7) is 8.15. The summed E-state index contributed by atoms with van der Waals surface area (Å²) in [6.07, 6.45) is 5.66. The van der Waals surface area contributed by atoms with Crippen LogP contribution in [0.5, 0.6) is 0 Å². The smallest absolute Gasteiger partial charge is 0.253 e. The number of benzene rings is 1. The Morgan fingerprint density at radius 2 is 1.91 bits per heavy atom. The number of aryl methyl sites for hydroxylation is 2. The maximum Gasteiger partial charge on any atom is 0.253 e. The molecule has 0 spiro atoms. The molecule has 1 aliphatic carbocycles. The molecule has 3 heterocycles. The molecule has 1 aromatic carbocycles. The zero-order chi connectivity index (χ0) is 24.2. The van der Waals surface area contributed by atoms with Crippen LogP contribution in [-0.2, 0) is 12.6 Å². The topological polar surface area (TPSA) is 77.6 Å². The molecular weight excluding hydrogens is 431 g/mol. The van der Waals surface area contributed by atoms with E-state index in [1.807, 2.05) is 35.5 Å². The van der Waals surface area contributed by atoms with Gasteiger partial charge in [-0.05, 0) is 64.3 Å². The van der Waals surface area contributed by atoms with E-state index >= 15 is 0 Å². The molecule has 1 fully saturated rings. The van der Waals surface area contributed by atoms with Crippen molar-refractivity contribution < 1.29 is 9.18 Å². The van der Waals surface area contributed by atoms with Crippen molar-refractivity contribution in [3.8, 4) is 0 Å². The number of nitrogens with one attached hydrogen (secondary N) is 1. The predicted molar refractivity (Wildman–Crippen MR) is 128 cm³/mol. The molecule has 176 valence electrons. The van der Waals surface area contributed by atoms with Gasteiger partial charge < -0.3 is 9.88 Å². The van der Waals surface area contributed by atoms with Crippen LogP contribution in [0, 0.1) is 12.7 Å². The number of hydrogen-bond acceptors (Lipinski definition) is 4. The second kappa shape index (κ2) is 8.04. The quantitative estimate of drug-likeness (QED) is 0.466. The molecule has 1 unspecified atom stereocenters. The van der Waals surface area contributed by atoms with Crippen molar-refractivity contribution in [3.63, 3.8) is 0 Å². The van der Waals surface area contributed by atoms with Gasteiger partial charge in [0.05, 0.1) is 22.2 Å². The predicted octanol–water partition coefficient (Wildman–Crippen LogP) is 4.76. The van der Waals surface area contributed by atoms with Gasteiger partial charge in [0.15, 0.2) is 5.65 Å². The zero-order valence-electron chi connectivity index (χ0n) is 20.1. The third kappa shape index (κ3) is 3.97. The van der Waals surface area contributed by atoms with Crippen LogP contribution in [-0.4, -0.2) is 30.2 Å². The molecule has 8 heteroatoms. The molecule has 5 rings (SSSR count). The van der Waals surface area contributed by atoms with Gasteiger partial charge >= 0.3 is 0 Å². The van der Waals surface area contributed by atoms with E-state index < -0.39 is 6.04 Å². The van der Waals surface area contributed by atoms with Gasteiger partial charge in [0.25, 0.3) is 5.91 Å². The molecule has 3 aromatic heterocycles. The van der Waals surface area contributed by atoms with Gasteiger partial charge in [-0.15, -0.1) is 0 Å². The lowest BCUT2D eigenvalue weighted by Crippen LogP contribution is -2.31. The maximum atomic E-state index is 13.8. The third-order valence-corrected chi connectivity index (χ3v) is 6.30. The monoisotopic (exact) mass is 460 g/mol. The van der Waals surface area contributed by atoms with Crippen molar-refractivity contribution in [3.05, 3.63) is 76.9 Å². The summed E-state index contributed by atoms with van der Waals surface area (Å²) in [5.74, 6) is 0.476. The summed E-state index contributed by atoms with van der Waals surface area (Å²) in [5, 5.41) is 8.67. The van der Waals surface area contributed by atoms with Crippen LogP contribution in [0.25, 0.3) is 11.0 Å². The standard InChI is InChI=1S/C26H29FN6O/c1-15-21-19(14-20(16-6-7-16)29-23(21)33(31-15)26(2,3)4)25(34)30-22(24-28-12-13-32(24)5)17-8-10-18(27)11-9-17/h8-14,16,22H,6-7H2,1-5H3,(H,30,34). The second-order valence-corrected chi connectivity index (χ2v) is 10.1. The first-order valence-electron chi connectivity index (χ1n) is 11.6. The maximum absolute atomic E-state index is 13.8. The molecule has 1 N–H and O–H groups in total. The Bertz CT molecular complexity index is 1380. The van der Waals surface area contributed by atoms with Crippen molar-refractivity contribution in [1.82, 2.24) is 29.6 Å². The number of nitrogens with zero attached hydrogens (tertiary/aromatic N) is 5. The molecule has 7 nitrogen and oxygen atoms in total. The molecule has 0 radical (unpaired) electrons. The number of pyridine rings is 1. The normalized spacial score (nSPS) is 15.0. The molecule has 1 saturated carbocycles. The van der Waals surface area contributed by atoms with E-state index in [1.54, 1.807) is 18.3 Å². The number of aromatic nitrogens is 5. The van der Waals surface area contributed by atoms with Crippen molar-refractivity contribution in [1.29, 1.82) is 0 Å². The lowest BCUT2D eigenvalue weighted by atomic mass is 10.0. The minimum Gasteiger partial charge on any atom is -0.338 e. The molecule has 0 saturated heterocycles. The highest BCUT2D eigenvalue weighted by Gasteiger charge is 2.31. The van der Waals surface area contributed by atoms with Crippen LogP contribution >= 0.6 is 0 Å². The van der Waals surface area contributed by atoms with Crippen LogP contribution in [0.2, 0.25) is 0 Å². The summed E-state index contributed by atoms with van der Waals surface area (Å²) in [5.41, 5.74) is 3.45. The highest BCUT2D eigenvalue weighted by molar-refractivity contribution is 6.07. The SMILES string of the molecule is Cc1nn(C(C)(C)C)c2nc(C3CC3)cc(C(=O)NC(c3ccc(F)cc3)c3nccn3C)c12. The Kier molecular flexibility index (Phi) is 5.26. The van der Waals surface area contributed by atoms with Crippen molar-refractivity contribution in [2.45, 2.75) is 58.0 Å². The van der Waals surface area contributed by atoms with E-state index in [1.165, 1.54) is 12.1 Å². The Labute approximate surface area is 198 Å². The highest BCUT2D eigenvalue weighted by atomic mass is 19.1. The number of carbonyl (C=O) groups excluding carboxylic acids is 1. The fourth-order valence-electron chi connectivity index (χ4n) is 4.36. The molecule has 0 bridgehead atoms. The van der Waals surface area contributed by atoms with Crippen LogP contribution < -0.4 is 5.32 Å². The van der Waals surface area contributed by atoms with Crippen LogP contribution in [0.15, 0.2) is 42.7 Å². The Morgan fingerprint density at radius 1 is 1.21 bits per heavy atom.